The number of benzene rings is 1. The van der Waals surface area contributed by atoms with Gasteiger partial charge in [0.2, 0.25) is 0 Å². The third-order valence-corrected chi connectivity index (χ3v) is 3.81. The predicted octanol–water partition coefficient (Wildman–Crippen LogP) is 3.77. The number of carbonyl (C=O) groups is 1. The van der Waals surface area contributed by atoms with Crippen molar-refractivity contribution in [2.75, 3.05) is 0 Å². The maximum Gasteiger partial charge on any atom is 0.341 e. The Kier molecular flexibility index (Phi) is 3.79. The summed E-state index contributed by atoms with van der Waals surface area (Å²) in [6.07, 6.45) is 1.89. The van der Waals surface area contributed by atoms with Gasteiger partial charge in [0.15, 0.2) is 5.65 Å². The summed E-state index contributed by atoms with van der Waals surface area (Å²) < 4.78 is 28.8. The van der Waals surface area contributed by atoms with E-state index in [1.54, 1.807) is 12.1 Å². The van der Waals surface area contributed by atoms with E-state index in [4.69, 9.17) is 0 Å². The average Bonchev–Trinajstić information content (AvgIpc) is 2.97. The number of carboxylic acid groups (broad SMARTS) is 1. The first-order chi connectivity index (χ1) is 11.3. The first-order valence-corrected chi connectivity index (χ1v) is 7.41. The van der Waals surface area contributed by atoms with Gasteiger partial charge >= 0.3 is 5.97 Å². The second-order valence-electron chi connectivity index (χ2n) is 5.56. The van der Waals surface area contributed by atoms with Gasteiger partial charge in [-0.1, -0.05) is 31.2 Å². The van der Waals surface area contributed by atoms with Gasteiger partial charge in [-0.15, -0.1) is 0 Å². The third-order valence-electron chi connectivity index (χ3n) is 3.81. The lowest BCUT2D eigenvalue weighted by atomic mass is 10.1. The number of hydrogen-bond acceptors (Lipinski definition) is 3. The summed E-state index contributed by atoms with van der Waals surface area (Å²) in [5.74, 6) is -4.46. The lowest BCUT2D eigenvalue weighted by molar-refractivity contribution is 0.0104. The van der Waals surface area contributed by atoms with E-state index >= 15 is 0 Å². The maximum atomic E-state index is 14.0. The summed E-state index contributed by atoms with van der Waals surface area (Å²) >= 11 is 0. The van der Waals surface area contributed by atoms with Crippen molar-refractivity contribution < 1.29 is 18.7 Å². The smallest absolute Gasteiger partial charge is 0.341 e. The minimum Gasteiger partial charge on any atom is -0.477 e. The van der Waals surface area contributed by atoms with E-state index in [-0.39, 0.29) is 16.9 Å². The Morgan fingerprint density at radius 2 is 1.96 bits per heavy atom. The van der Waals surface area contributed by atoms with Gasteiger partial charge in [-0.2, -0.15) is 13.9 Å². The van der Waals surface area contributed by atoms with Gasteiger partial charge < -0.3 is 5.11 Å². The molecule has 0 amide bonds. The average molecular weight is 331 g/mol. The quantitative estimate of drug-likeness (QED) is 0.790. The summed E-state index contributed by atoms with van der Waals surface area (Å²) in [6, 6.07) is 8.59. The number of aromatic carboxylic acids is 1. The molecule has 1 N–H and O–H groups in total. The van der Waals surface area contributed by atoms with Gasteiger partial charge in [-0.25, -0.2) is 14.3 Å². The molecule has 0 atom stereocenters. The zero-order valence-corrected chi connectivity index (χ0v) is 13.1. The molecule has 3 aromatic rings. The molecule has 0 aliphatic carbocycles. The minimum atomic E-state index is -3.19. The van der Waals surface area contributed by atoms with Crippen LogP contribution in [0.25, 0.3) is 16.9 Å². The first-order valence-electron chi connectivity index (χ1n) is 7.41. The Morgan fingerprint density at radius 3 is 2.50 bits per heavy atom. The molecule has 2 heterocycles. The third kappa shape index (κ3) is 2.73. The number of rotatable bonds is 4. The van der Waals surface area contributed by atoms with Gasteiger partial charge in [0.25, 0.3) is 5.92 Å². The predicted molar refractivity (Wildman–Crippen MR) is 84.3 cm³/mol. The Bertz CT molecular complexity index is 912. The number of hydrogen-bond donors (Lipinski definition) is 1. The van der Waals surface area contributed by atoms with Crippen LogP contribution in [0.5, 0.6) is 0 Å². The number of halogens is 2. The van der Waals surface area contributed by atoms with Crippen molar-refractivity contribution in [2.45, 2.75) is 26.2 Å². The van der Waals surface area contributed by atoms with Crippen molar-refractivity contribution in [1.29, 1.82) is 0 Å². The van der Waals surface area contributed by atoms with Crippen LogP contribution < -0.4 is 0 Å². The molecule has 0 radical (unpaired) electrons. The molecular formula is C17H15F2N3O2. The van der Waals surface area contributed by atoms with Crippen molar-refractivity contribution in [3.05, 3.63) is 53.3 Å². The molecular weight excluding hydrogens is 316 g/mol. The molecule has 0 fully saturated rings. The molecule has 0 aliphatic heterocycles. The van der Waals surface area contributed by atoms with Crippen LogP contribution in [0.15, 0.2) is 36.5 Å². The highest BCUT2D eigenvalue weighted by Gasteiger charge is 2.30. The highest BCUT2D eigenvalue weighted by atomic mass is 19.3. The zero-order chi connectivity index (χ0) is 17.5. The summed E-state index contributed by atoms with van der Waals surface area (Å²) in [6.45, 7) is 2.76. The van der Waals surface area contributed by atoms with E-state index < -0.39 is 17.6 Å². The standard InChI is InChI=1S/C17H15F2N3O2/c1-3-10-4-6-11(7-5-10)13-8-14(17(2,18)19)22-15(21-13)12(9-20-22)16(23)24/h4-9H,3H2,1-2H3,(H,23,24). The first kappa shape index (κ1) is 16.0. The molecule has 5 nitrogen and oxygen atoms in total. The Labute approximate surface area is 136 Å². The molecule has 0 bridgehead atoms. The summed E-state index contributed by atoms with van der Waals surface area (Å²) in [7, 11) is 0. The van der Waals surface area contributed by atoms with Gasteiger partial charge in [-0.05, 0) is 18.1 Å². The van der Waals surface area contributed by atoms with E-state index in [0.717, 1.165) is 29.6 Å². The minimum absolute atomic E-state index is 0.101. The number of alkyl halides is 2. The Hall–Kier alpha value is -2.83. The van der Waals surface area contributed by atoms with Crippen LogP contribution in [-0.4, -0.2) is 25.7 Å². The van der Waals surface area contributed by atoms with Crippen LogP contribution in [0.3, 0.4) is 0 Å². The number of aryl methyl sites for hydroxylation is 1. The Morgan fingerprint density at radius 1 is 1.29 bits per heavy atom. The highest BCUT2D eigenvalue weighted by molar-refractivity contribution is 5.94. The van der Waals surface area contributed by atoms with Crippen LogP contribution in [0.4, 0.5) is 8.78 Å². The topological polar surface area (TPSA) is 67.5 Å². The van der Waals surface area contributed by atoms with Crippen LogP contribution >= 0.6 is 0 Å². The monoisotopic (exact) mass is 331 g/mol. The number of aromatic nitrogens is 3. The van der Waals surface area contributed by atoms with Crippen molar-refractivity contribution in [1.82, 2.24) is 14.6 Å². The molecule has 124 valence electrons. The molecule has 2 aromatic heterocycles. The van der Waals surface area contributed by atoms with Gasteiger partial charge in [0.1, 0.15) is 11.3 Å². The maximum absolute atomic E-state index is 14.0. The van der Waals surface area contributed by atoms with Crippen molar-refractivity contribution >= 4 is 11.6 Å². The van der Waals surface area contributed by atoms with E-state index in [0.29, 0.717) is 5.56 Å². The van der Waals surface area contributed by atoms with E-state index in [9.17, 15) is 18.7 Å². The molecule has 7 heteroatoms. The van der Waals surface area contributed by atoms with Crippen LogP contribution in [0.2, 0.25) is 0 Å². The highest BCUT2D eigenvalue weighted by Crippen LogP contribution is 2.31. The van der Waals surface area contributed by atoms with E-state index in [2.05, 4.69) is 10.1 Å². The fourth-order valence-corrected chi connectivity index (χ4v) is 2.49. The van der Waals surface area contributed by atoms with Crippen molar-refractivity contribution in [3.63, 3.8) is 0 Å². The van der Waals surface area contributed by atoms with E-state index in [1.165, 1.54) is 6.07 Å². The number of nitrogens with zero attached hydrogens (tertiary/aromatic N) is 3. The fraction of sp³-hybridized carbons (Fsp3) is 0.235. The zero-order valence-electron chi connectivity index (χ0n) is 13.1. The fourth-order valence-electron chi connectivity index (χ4n) is 2.49. The SMILES string of the molecule is CCc1ccc(-c2cc(C(C)(F)F)n3ncc(C(=O)O)c3n2)cc1. The molecule has 0 spiro atoms. The lowest BCUT2D eigenvalue weighted by Crippen LogP contribution is -2.15. The second-order valence-corrected chi connectivity index (χ2v) is 5.56. The van der Waals surface area contributed by atoms with Crippen LogP contribution in [0.1, 0.15) is 35.5 Å². The molecule has 0 unspecified atom stereocenters. The normalized spacial score (nSPS) is 11.8. The lowest BCUT2D eigenvalue weighted by Gasteiger charge is -2.14. The van der Waals surface area contributed by atoms with Crippen LogP contribution in [-0.2, 0) is 12.3 Å². The molecule has 3 rings (SSSR count). The van der Waals surface area contributed by atoms with Gasteiger partial charge in [0.05, 0.1) is 11.9 Å². The summed E-state index contributed by atoms with van der Waals surface area (Å²) in [5, 5.41) is 13.0. The van der Waals surface area contributed by atoms with E-state index in [1.807, 2.05) is 19.1 Å². The number of carboxylic acids is 1. The van der Waals surface area contributed by atoms with Gasteiger partial charge in [0, 0.05) is 12.5 Å². The molecule has 0 saturated heterocycles. The number of fused-ring (bicyclic) bond motifs is 1. The summed E-state index contributed by atoms with van der Waals surface area (Å²) in [5.41, 5.74) is 1.30. The van der Waals surface area contributed by atoms with Crippen LogP contribution in [0, 0.1) is 0 Å². The van der Waals surface area contributed by atoms with Crippen molar-refractivity contribution in [3.8, 4) is 11.3 Å². The summed E-state index contributed by atoms with van der Waals surface area (Å²) in [4.78, 5) is 15.5. The second kappa shape index (κ2) is 5.67. The molecule has 0 saturated carbocycles. The Balaban J connectivity index is 2.27. The molecule has 1 aromatic carbocycles. The molecule has 0 aliphatic rings. The van der Waals surface area contributed by atoms with Crippen molar-refractivity contribution in [2.24, 2.45) is 0 Å². The largest absolute Gasteiger partial charge is 0.477 e. The van der Waals surface area contributed by atoms with Gasteiger partial charge in [-0.3, -0.25) is 0 Å². The molecule has 24 heavy (non-hydrogen) atoms.